The first-order chi connectivity index (χ1) is 7.65. The van der Waals surface area contributed by atoms with Crippen LogP contribution in [0, 0.1) is 3.57 Å². The normalized spacial score (nSPS) is 10.1. The summed E-state index contributed by atoms with van der Waals surface area (Å²) in [5.74, 6) is 0.478. The number of halogens is 2. The highest BCUT2D eigenvalue weighted by Crippen LogP contribution is 2.27. The lowest BCUT2D eigenvalue weighted by Gasteiger charge is -2.08. The van der Waals surface area contributed by atoms with Gasteiger partial charge in [-0.25, -0.2) is 4.98 Å². The van der Waals surface area contributed by atoms with Crippen LogP contribution in [0.25, 0.3) is 0 Å². The number of nitrogens with zero attached hydrogens (tertiary/aromatic N) is 1. The van der Waals surface area contributed by atoms with Crippen molar-refractivity contribution in [2.75, 3.05) is 11.1 Å². The molecule has 2 rings (SSSR count). The number of rotatable bonds is 2. The van der Waals surface area contributed by atoms with Gasteiger partial charge in [-0.3, -0.25) is 0 Å². The van der Waals surface area contributed by atoms with Gasteiger partial charge in [0.1, 0.15) is 5.82 Å². The third-order valence-electron chi connectivity index (χ3n) is 1.99. The van der Waals surface area contributed by atoms with Gasteiger partial charge in [0.05, 0.1) is 10.7 Å². The van der Waals surface area contributed by atoms with E-state index in [9.17, 15) is 0 Å². The number of aromatic nitrogens is 1. The first kappa shape index (κ1) is 11.5. The summed E-state index contributed by atoms with van der Waals surface area (Å²) in [6.45, 7) is 0. The minimum absolute atomic E-state index is 0.478. The van der Waals surface area contributed by atoms with E-state index in [2.05, 4.69) is 32.9 Å². The van der Waals surface area contributed by atoms with Crippen molar-refractivity contribution >= 4 is 51.4 Å². The zero-order chi connectivity index (χ0) is 11.5. The highest BCUT2D eigenvalue weighted by Gasteiger charge is 2.01. The van der Waals surface area contributed by atoms with Crippen LogP contribution in [0.3, 0.4) is 0 Å². The van der Waals surface area contributed by atoms with Crippen LogP contribution in [0.15, 0.2) is 36.5 Å². The molecule has 0 saturated carbocycles. The Morgan fingerprint density at radius 1 is 1.25 bits per heavy atom. The molecule has 1 aromatic heterocycles. The monoisotopic (exact) mass is 345 g/mol. The molecule has 0 spiro atoms. The van der Waals surface area contributed by atoms with E-state index >= 15 is 0 Å². The van der Waals surface area contributed by atoms with Crippen LogP contribution in [-0.4, -0.2) is 4.98 Å². The van der Waals surface area contributed by atoms with Gasteiger partial charge < -0.3 is 11.1 Å². The van der Waals surface area contributed by atoms with Gasteiger partial charge in [-0.1, -0.05) is 11.6 Å². The molecular formula is C11H9ClIN3. The molecule has 0 fully saturated rings. The Bertz CT molecular complexity index is 516. The second kappa shape index (κ2) is 4.88. The van der Waals surface area contributed by atoms with E-state index in [0.717, 1.165) is 14.9 Å². The second-order valence-electron chi connectivity index (χ2n) is 3.22. The standard InChI is InChI=1S/C11H9ClIN3/c12-9-5-7(13)1-2-10(9)16-8-3-4-15-11(14)6-8/h1-6H,(H3,14,15,16). The molecule has 3 nitrogen and oxygen atoms in total. The molecule has 0 aliphatic heterocycles. The number of hydrogen-bond donors (Lipinski definition) is 2. The molecule has 0 aliphatic rings. The Labute approximate surface area is 112 Å². The summed E-state index contributed by atoms with van der Waals surface area (Å²) in [6, 6.07) is 9.41. The fraction of sp³-hybridized carbons (Fsp3) is 0. The summed E-state index contributed by atoms with van der Waals surface area (Å²) >= 11 is 8.32. The lowest BCUT2D eigenvalue weighted by molar-refractivity contribution is 1.33. The van der Waals surface area contributed by atoms with Crippen LogP contribution in [0.1, 0.15) is 0 Å². The van der Waals surface area contributed by atoms with Gasteiger partial charge in [-0.2, -0.15) is 0 Å². The van der Waals surface area contributed by atoms with Crippen LogP contribution < -0.4 is 11.1 Å². The lowest BCUT2D eigenvalue weighted by Crippen LogP contribution is -1.94. The first-order valence-electron chi connectivity index (χ1n) is 4.59. The number of anilines is 3. The molecule has 1 heterocycles. The molecule has 0 radical (unpaired) electrons. The second-order valence-corrected chi connectivity index (χ2v) is 4.87. The third kappa shape index (κ3) is 2.76. The lowest BCUT2D eigenvalue weighted by atomic mass is 10.3. The maximum Gasteiger partial charge on any atom is 0.125 e. The number of benzene rings is 1. The van der Waals surface area contributed by atoms with Gasteiger partial charge >= 0.3 is 0 Å². The molecule has 0 unspecified atom stereocenters. The summed E-state index contributed by atoms with van der Waals surface area (Å²) in [6.07, 6.45) is 1.65. The molecule has 0 bridgehead atoms. The molecule has 0 amide bonds. The maximum absolute atomic E-state index is 6.11. The number of nitrogens with one attached hydrogen (secondary N) is 1. The number of nitrogens with two attached hydrogens (primary N) is 1. The van der Waals surface area contributed by atoms with Crippen molar-refractivity contribution in [1.82, 2.24) is 4.98 Å². The Morgan fingerprint density at radius 3 is 2.75 bits per heavy atom. The van der Waals surface area contributed by atoms with Gasteiger partial charge in [0, 0.05) is 21.5 Å². The summed E-state index contributed by atoms with van der Waals surface area (Å²) in [4.78, 5) is 3.92. The van der Waals surface area contributed by atoms with Gasteiger partial charge in [0.25, 0.3) is 0 Å². The first-order valence-corrected chi connectivity index (χ1v) is 6.04. The minimum atomic E-state index is 0.478. The predicted octanol–water partition coefficient (Wildman–Crippen LogP) is 3.67. The summed E-state index contributed by atoms with van der Waals surface area (Å²) < 4.78 is 1.10. The fourth-order valence-electron chi connectivity index (χ4n) is 1.27. The van der Waals surface area contributed by atoms with Crippen molar-refractivity contribution in [2.24, 2.45) is 0 Å². The molecule has 82 valence electrons. The highest BCUT2D eigenvalue weighted by atomic mass is 127. The predicted molar refractivity (Wildman–Crippen MR) is 76.1 cm³/mol. The van der Waals surface area contributed by atoms with Crippen molar-refractivity contribution in [3.05, 3.63) is 45.1 Å². The molecule has 0 aliphatic carbocycles. The van der Waals surface area contributed by atoms with Crippen LogP contribution in [0.2, 0.25) is 5.02 Å². The fourth-order valence-corrected chi connectivity index (χ4v) is 2.18. The molecule has 1 aromatic carbocycles. The molecule has 16 heavy (non-hydrogen) atoms. The van der Waals surface area contributed by atoms with Crippen LogP contribution in [0.5, 0.6) is 0 Å². The van der Waals surface area contributed by atoms with E-state index < -0.39 is 0 Å². The van der Waals surface area contributed by atoms with Crippen molar-refractivity contribution in [3.63, 3.8) is 0 Å². The number of pyridine rings is 1. The van der Waals surface area contributed by atoms with E-state index in [4.69, 9.17) is 17.3 Å². The van der Waals surface area contributed by atoms with E-state index in [1.165, 1.54) is 0 Å². The minimum Gasteiger partial charge on any atom is -0.384 e. The quantitative estimate of drug-likeness (QED) is 0.817. The van der Waals surface area contributed by atoms with Gasteiger partial charge in [0.2, 0.25) is 0 Å². The van der Waals surface area contributed by atoms with Crippen LogP contribution in [0.4, 0.5) is 17.2 Å². The molecular weight excluding hydrogens is 336 g/mol. The topological polar surface area (TPSA) is 50.9 Å². The van der Waals surface area contributed by atoms with Gasteiger partial charge in [0.15, 0.2) is 0 Å². The summed E-state index contributed by atoms with van der Waals surface area (Å²) in [5, 5.41) is 3.87. The number of hydrogen-bond acceptors (Lipinski definition) is 3. The van der Waals surface area contributed by atoms with E-state index in [1.807, 2.05) is 24.3 Å². The SMILES string of the molecule is Nc1cc(Nc2ccc(I)cc2Cl)ccn1. The molecule has 2 aromatic rings. The van der Waals surface area contributed by atoms with Gasteiger partial charge in [-0.05, 0) is 46.9 Å². The molecule has 5 heteroatoms. The molecule has 3 N–H and O–H groups in total. The van der Waals surface area contributed by atoms with Crippen molar-refractivity contribution < 1.29 is 0 Å². The Kier molecular flexibility index (Phi) is 3.50. The Hall–Kier alpha value is -1.01. The molecule has 0 saturated heterocycles. The van der Waals surface area contributed by atoms with E-state index in [1.54, 1.807) is 12.3 Å². The molecule has 0 atom stereocenters. The van der Waals surface area contributed by atoms with E-state index in [-0.39, 0.29) is 0 Å². The Morgan fingerprint density at radius 2 is 2.06 bits per heavy atom. The Balaban J connectivity index is 2.27. The third-order valence-corrected chi connectivity index (χ3v) is 2.97. The smallest absolute Gasteiger partial charge is 0.125 e. The average Bonchev–Trinajstić information content (AvgIpc) is 2.22. The zero-order valence-corrected chi connectivity index (χ0v) is 11.2. The van der Waals surface area contributed by atoms with E-state index in [0.29, 0.717) is 10.8 Å². The van der Waals surface area contributed by atoms with Crippen LogP contribution in [-0.2, 0) is 0 Å². The van der Waals surface area contributed by atoms with Crippen molar-refractivity contribution in [3.8, 4) is 0 Å². The largest absolute Gasteiger partial charge is 0.384 e. The average molecular weight is 346 g/mol. The van der Waals surface area contributed by atoms with Gasteiger partial charge in [-0.15, -0.1) is 0 Å². The van der Waals surface area contributed by atoms with Crippen LogP contribution >= 0.6 is 34.2 Å². The highest BCUT2D eigenvalue weighted by molar-refractivity contribution is 14.1. The zero-order valence-electron chi connectivity index (χ0n) is 8.24. The maximum atomic E-state index is 6.11. The summed E-state index contributed by atoms with van der Waals surface area (Å²) in [7, 11) is 0. The number of nitrogen functional groups attached to an aromatic ring is 1. The van der Waals surface area contributed by atoms with Crippen molar-refractivity contribution in [2.45, 2.75) is 0 Å². The van der Waals surface area contributed by atoms with Crippen molar-refractivity contribution in [1.29, 1.82) is 0 Å². The summed E-state index contributed by atoms with van der Waals surface area (Å²) in [5.41, 5.74) is 7.31.